The van der Waals surface area contributed by atoms with Crippen LogP contribution in [0.25, 0.3) is 0 Å². The molecule has 5 nitrogen and oxygen atoms in total. The molecule has 1 aromatic rings. The lowest BCUT2D eigenvalue weighted by atomic mass is 9.78. The van der Waals surface area contributed by atoms with Crippen LogP contribution in [0.1, 0.15) is 43.2 Å². The third-order valence-electron chi connectivity index (χ3n) is 3.92. The van der Waals surface area contributed by atoms with Crippen molar-refractivity contribution in [3.8, 4) is 0 Å². The highest BCUT2D eigenvalue weighted by Gasteiger charge is 2.26. The number of benzene rings is 1. The van der Waals surface area contributed by atoms with Crippen LogP contribution in [0.15, 0.2) is 24.3 Å². The lowest BCUT2D eigenvalue weighted by molar-refractivity contribution is -0.139. The number of amides is 2. The molecular formula is C16H22N2O3. The number of hydrogen-bond donors (Lipinski definition) is 3. The van der Waals surface area contributed by atoms with Gasteiger partial charge in [0.1, 0.15) is 6.04 Å². The molecule has 0 spiro atoms. The molecule has 3 N–H and O–H groups in total. The highest BCUT2D eigenvalue weighted by atomic mass is 16.4. The minimum atomic E-state index is -0.979. The van der Waals surface area contributed by atoms with E-state index in [1.807, 2.05) is 19.1 Å². The standard InChI is InChI=1S/C16H22N2O3/c1-2-3-8-14(15(19)20)18-16(21)17-10-12-9-11-6-4-5-7-13(11)12/h4-7,12,14H,2-3,8-10H2,1H3,(H,19,20)(H2,17,18,21)/t12?,14-/m0/s1. The number of aliphatic carboxylic acids is 1. The monoisotopic (exact) mass is 290 g/mol. The molecule has 0 heterocycles. The van der Waals surface area contributed by atoms with E-state index in [4.69, 9.17) is 5.11 Å². The predicted molar refractivity (Wildman–Crippen MR) is 80.4 cm³/mol. The van der Waals surface area contributed by atoms with Gasteiger partial charge in [-0.25, -0.2) is 9.59 Å². The van der Waals surface area contributed by atoms with Gasteiger partial charge in [-0.2, -0.15) is 0 Å². The van der Waals surface area contributed by atoms with E-state index in [0.29, 0.717) is 18.9 Å². The Morgan fingerprint density at radius 2 is 2.14 bits per heavy atom. The zero-order valence-electron chi connectivity index (χ0n) is 12.3. The molecule has 2 atom stereocenters. The van der Waals surface area contributed by atoms with E-state index in [9.17, 15) is 9.59 Å². The van der Waals surface area contributed by atoms with Crippen molar-refractivity contribution in [3.05, 3.63) is 35.4 Å². The Morgan fingerprint density at radius 1 is 1.38 bits per heavy atom. The van der Waals surface area contributed by atoms with Crippen molar-refractivity contribution in [2.75, 3.05) is 6.54 Å². The van der Waals surface area contributed by atoms with E-state index in [1.165, 1.54) is 11.1 Å². The summed E-state index contributed by atoms with van der Waals surface area (Å²) in [6, 6.07) is 6.97. The number of unbranched alkanes of at least 4 members (excludes halogenated alkanes) is 1. The Kier molecular flexibility index (Phi) is 5.20. The second-order valence-corrected chi connectivity index (χ2v) is 5.49. The fourth-order valence-corrected chi connectivity index (χ4v) is 2.64. The summed E-state index contributed by atoms with van der Waals surface area (Å²) in [6.45, 7) is 2.54. The molecule has 0 aliphatic heterocycles. The Morgan fingerprint density at radius 3 is 2.81 bits per heavy atom. The molecule has 2 amide bonds. The van der Waals surface area contributed by atoms with Gasteiger partial charge in [0.15, 0.2) is 0 Å². The topological polar surface area (TPSA) is 78.4 Å². The van der Waals surface area contributed by atoms with Gasteiger partial charge >= 0.3 is 12.0 Å². The zero-order chi connectivity index (χ0) is 15.2. The van der Waals surface area contributed by atoms with Crippen molar-refractivity contribution >= 4 is 12.0 Å². The van der Waals surface area contributed by atoms with E-state index in [-0.39, 0.29) is 0 Å². The number of carboxylic acids is 1. The van der Waals surface area contributed by atoms with Crippen molar-refractivity contribution in [2.45, 2.75) is 44.6 Å². The third-order valence-corrected chi connectivity index (χ3v) is 3.92. The maximum atomic E-state index is 11.8. The largest absolute Gasteiger partial charge is 0.480 e. The van der Waals surface area contributed by atoms with Gasteiger partial charge in [0.25, 0.3) is 0 Å². The number of hydrogen-bond acceptors (Lipinski definition) is 2. The fourth-order valence-electron chi connectivity index (χ4n) is 2.64. The van der Waals surface area contributed by atoms with Crippen LogP contribution in [0.5, 0.6) is 0 Å². The van der Waals surface area contributed by atoms with Gasteiger partial charge in [0.2, 0.25) is 0 Å². The number of urea groups is 1. The van der Waals surface area contributed by atoms with Gasteiger partial charge in [0, 0.05) is 12.5 Å². The van der Waals surface area contributed by atoms with Crippen LogP contribution >= 0.6 is 0 Å². The summed E-state index contributed by atoms with van der Waals surface area (Å²) >= 11 is 0. The first kappa shape index (κ1) is 15.4. The highest BCUT2D eigenvalue weighted by Crippen LogP contribution is 2.33. The quantitative estimate of drug-likeness (QED) is 0.721. The predicted octanol–water partition coefficient (Wildman–Crippen LogP) is 2.27. The summed E-state index contributed by atoms with van der Waals surface area (Å²) in [5.74, 6) is -0.640. The van der Waals surface area contributed by atoms with Crippen LogP contribution in [0.4, 0.5) is 4.79 Å². The van der Waals surface area contributed by atoms with Crippen molar-refractivity contribution in [2.24, 2.45) is 0 Å². The normalized spacial score (nSPS) is 17.3. The maximum absolute atomic E-state index is 11.8. The van der Waals surface area contributed by atoms with E-state index < -0.39 is 18.0 Å². The van der Waals surface area contributed by atoms with E-state index >= 15 is 0 Å². The number of nitrogens with one attached hydrogen (secondary N) is 2. The highest BCUT2D eigenvalue weighted by molar-refractivity contribution is 5.82. The molecule has 1 aromatic carbocycles. The number of fused-ring (bicyclic) bond motifs is 1. The number of carbonyl (C=O) groups excluding carboxylic acids is 1. The van der Waals surface area contributed by atoms with E-state index in [0.717, 1.165) is 19.3 Å². The minimum Gasteiger partial charge on any atom is -0.480 e. The number of carbonyl (C=O) groups is 2. The maximum Gasteiger partial charge on any atom is 0.326 e. The Bertz CT molecular complexity index is 516. The van der Waals surface area contributed by atoms with Gasteiger partial charge in [-0.3, -0.25) is 0 Å². The Hall–Kier alpha value is -2.04. The zero-order valence-corrected chi connectivity index (χ0v) is 12.3. The van der Waals surface area contributed by atoms with Gasteiger partial charge in [-0.1, -0.05) is 44.0 Å². The number of carboxylic acid groups (broad SMARTS) is 1. The summed E-state index contributed by atoms with van der Waals surface area (Å²) < 4.78 is 0. The molecule has 1 aliphatic carbocycles. The molecule has 1 aliphatic rings. The van der Waals surface area contributed by atoms with Gasteiger partial charge in [-0.15, -0.1) is 0 Å². The van der Waals surface area contributed by atoms with Crippen LogP contribution in [0.3, 0.4) is 0 Å². The molecule has 0 bridgehead atoms. The first-order valence-electron chi connectivity index (χ1n) is 7.46. The summed E-state index contributed by atoms with van der Waals surface area (Å²) in [4.78, 5) is 22.9. The van der Waals surface area contributed by atoms with Gasteiger partial charge in [0.05, 0.1) is 0 Å². The molecular weight excluding hydrogens is 268 g/mol. The van der Waals surface area contributed by atoms with Crippen molar-refractivity contribution in [1.29, 1.82) is 0 Å². The lowest BCUT2D eigenvalue weighted by Crippen LogP contribution is -2.47. The molecule has 21 heavy (non-hydrogen) atoms. The molecule has 2 rings (SSSR count). The summed E-state index contributed by atoms with van der Waals surface area (Å²) in [7, 11) is 0. The van der Waals surface area contributed by atoms with E-state index in [1.54, 1.807) is 0 Å². The average molecular weight is 290 g/mol. The van der Waals surface area contributed by atoms with Crippen LogP contribution in [-0.4, -0.2) is 29.7 Å². The minimum absolute atomic E-state index is 0.339. The summed E-state index contributed by atoms with van der Waals surface area (Å²) in [5.41, 5.74) is 2.61. The first-order valence-corrected chi connectivity index (χ1v) is 7.46. The summed E-state index contributed by atoms with van der Waals surface area (Å²) in [6.07, 6.45) is 3.12. The molecule has 0 aromatic heterocycles. The SMILES string of the molecule is CCCC[C@H](NC(=O)NCC1Cc2ccccc21)C(=O)O. The second-order valence-electron chi connectivity index (χ2n) is 5.49. The fraction of sp³-hybridized carbons (Fsp3) is 0.500. The molecule has 0 fully saturated rings. The first-order chi connectivity index (χ1) is 10.1. The third kappa shape index (κ3) is 3.97. The average Bonchev–Trinajstić information content (AvgIpc) is 2.44. The Balaban J connectivity index is 1.76. The van der Waals surface area contributed by atoms with Gasteiger partial charge < -0.3 is 15.7 Å². The molecule has 5 heteroatoms. The van der Waals surface area contributed by atoms with Crippen LogP contribution in [-0.2, 0) is 11.2 Å². The van der Waals surface area contributed by atoms with Crippen molar-refractivity contribution < 1.29 is 14.7 Å². The molecule has 0 saturated carbocycles. The molecule has 0 radical (unpaired) electrons. The van der Waals surface area contributed by atoms with Crippen molar-refractivity contribution in [1.82, 2.24) is 10.6 Å². The number of rotatable bonds is 7. The van der Waals surface area contributed by atoms with E-state index in [2.05, 4.69) is 22.8 Å². The van der Waals surface area contributed by atoms with Crippen molar-refractivity contribution in [3.63, 3.8) is 0 Å². The molecule has 1 unspecified atom stereocenters. The molecule has 0 saturated heterocycles. The van der Waals surface area contributed by atoms with Crippen LogP contribution < -0.4 is 10.6 Å². The van der Waals surface area contributed by atoms with Crippen LogP contribution in [0, 0.1) is 0 Å². The lowest BCUT2D eigenvalue weighted by Gasteiger charge is -2.30. The molecule has 114 valence electrons. The van der Waals surface area contributed by atoms with Crippen LogP contribution in [0.2, 0.25) is 0 Å². The van der Waals surface area contributed by atoms with Gasteiger partial charge in [-0.05, 0) is 24.0 Å². The summed E-state index contributed by atoms with van der Waals surface area (Å²) in [5, 5.41) is 14.4. The Labute approximate surface area is 124 Å². The smallest absolute Gasteiger partial charge is 0.326 e. The second kappa shape index (κ2) is 7.11.